The van der Waals surface area contributed by atoms with Gasteiger partial charge in [-0.25, -0.2) is 0 Å². The van der Waals surface area contributed by atoms with Crippen LogP contribution >= 0.6 is 0 Å². The lowest BCUT2D eigenvalue weighted by atomic mass is 10.0. The van der Waals surface area contributed by atoms with Gasteiger partial charge in [0.2, 0.25) is 0 Å². The normalized spacial score (nSPS) is 12.5. The Balaban J connectivity index is 2.17. The summed E-state index contributed by atoms with van der Waals surface area (Å²) in [6, 6.07) is 7.57. The van der Waals surface area contributed by atoms with E-state index in [1.54, 1.807) is 24.7 Å². The minimum absolute atomic E-state index is 0.00389. The van der Waals surface area contributed by atoms with Crippen LogP contribution in [0.3, 0.4) is 0 Å². The maximum Gasteiger partial charge on any atom is 0.179 e. The maximum atomic E-state index is 12.7. The fraction of sp³-hybridized carbons (Fsp3) is 0.435. The highest BCUT2D eigenvalue weighted by Gasteiger charge is 2.10. The third-order valence-corrected chi connectivity index (χ3v) is 4.41. The lowest BCUT2D eigenvalue weighted by Gasteiger charge is -2.05. The lowest BCUT2D eigenvalue weighted by molar-refractivity contribution is -0.110. The molecule has 0 N–H and O–H groups in total. The van der Waals surface area contributed by atoms with Crippen molar-refractivity contribution in [3.05, 3.63) is 60.5 Å². The Bertz CT molecular complexity index is 628. The Labute approximate surface area is 156 Å². The second-order valence-electron chi connectivity index (χ2n) is 6.61. The third-order valence-electron chi connectivity index (χ3n) is 4.41. The summed E-state index contributed by atoms with van der Waals surface area (Å²) in [5.74, 6) is 1.57. The number of furan rings is 2. The van der Waals surface area contributed by atoms with Gasteiger partial charge in [-0.15, -0.1) is 0 Å². The van der Waals surface area contributed by atoms with E-state index in [-0.39, 0.29) is 5.78 Å². The quantitative estimate of drug-likeness (QED) is 0.302. The summed E-state index contributed by atoms with van der Waals surface area (Å²) in [5.41, 5.74) is 1.94. The Kier molecular flexibility index (Phi) is 8.74. The van der Waals surface area contributed by atoms with Crippen LogP contribution in [-0.2, 0) is 4.79 Å². The van der Waals surface area contributed by atoms with Gasteiger partial charge in [0.15, 0.2) is 5.78 Å². The maximum absolute atomic E-state index is 12.7. The molecule has 0 aliphatic carbocycles. The molecule has 2 aromatic rings. The molecule has 0 amide bonds. The van der Waals surface area contributed by atoms with Crippen molar-refractivity contribution in [2.75, 3.05) is 0 Å². The zero-order valence-corrected chi connectivity index (χ0v) is 16.0. The van der Waals surface area contributed by atoms with Gasteiger partial charge in [-0.3, -0.25) is 4.79 Å². The summed E-state index contributed by atoms with van der Waals surface area (Å²) in [6.07, 6.45) is 15.2. The fourth-order valence-electron chi connectivity index (χ4n) is 2.97. The first-order valence-electron chi connectivity index (χ1n) is 9.77. The van der Waals surface area contributed by atoms with Crippen molar-refractivity contribution in [2.24, 2.45) is 0 Å². The van der Waals surface area contributed by atoms with Crippen LogP contribution in [0.1, 0.15) is 76.7 Å². The largest absolute Gasteiger partial charge is 0.465 e. The van der Waals surface area contributed by atoms with Crippen molar-refractivity contribution in [3.8, 4) is 0 Å². The topological polar surface area (TPSA) is 43.4 Å². The Morgan fingerprint density at radius 3 is 1.62 bits per heavy atom. The van der Waals surface area contributed by atoms with E-state index >= 15 is 0 Å². The van der Waals surface area contributed by atoms with Crippen LogP contribution in [0.25, 0.3) is 11.1 Å². The van der Waals surface area contributed by atoms with Gasteiger partial charge >= 0.3 is 0 Å². The molecule has 2 rings (SSSR count). The minimum atomic E-state index is -0.00389. The van der Waals surface area contributed by atoms with Crippen LogP contribution in [0.5, 0.6) is 0 Å². The smallest absolute Gasteiger partial charge is 0.179 e. The number of hydrogen-bond donors (Lipinski definition) is 0. The van der Waals surface area contributed by atoms with Gasteiger partial charge in [0.05, 0.1) is 12.5 Å². The molecule has 0 bridgehead atoms. The average molecular weight is 354 g/mol. The molecule has 0 unspecified atom stereocenters. The zero-order chi connectivity index (χ0) is 18.6. The van der Waals surface area contributed by atoms with E-state index in [1.807, 2.05) is 24.3 Å². The van der Waals surface area contributed by atoms with Gasteiger partial charge in [0, 0.05) is 0 Å². The molecule has 3 heteroatoms. The van der Waals surface area contributed by atoms with Crippen LogP contribution in [0, 0.1) is 0 Å². The van der Waals surface area contributed by atoms with Crippen molar-refractivity contribution >= 4 is 16.9 Å². The molecule has 0 spiro atoms. The molecule has 26 heavy (non-hydrogen) atoms. The molecule has 0 atom stereocenters. The van der Waals surface area contributed by atoms with Gasteiger partial charge in [-0.2, -0.15) is 0 Å². The SMILES string of the molecule is CCCCCC(=CC(=O)C=C(CCCCC)c1ccco1)c1ccco1. The van der Waals surface area contributed by atoms with Crippen molar-refractivity contribution < 1.29 is 13.6 Å². The predicted molar refractivity (Wildman–Crippen MR) is 107 cm³/mol. The molecule has 0 saturated heterocycles. The molecular formula is C23H30O3. The number of allylic oxidation sites excluding steroid dienone is 4. The van der Waals surface area contributed by atoms with Gasteiger partial charge in [-0.05, 0) is 73.2 Å². The Morgan fingerprint density at radius 2 is 1.27 bits per heavy atom. The van der Waals surface area contributed by atoms with Crippen molar-refractivity contribution in [1.29, 1.82) is 0 Å². The van der Waals surface area contributed by atoms with Crippen LogP contribution in [0.15, 0.2) is 57.8 Å². The minimum Gasteiger partial charge on any atom is -0.465 e. The van der Waals surface area contributed by atoms with Crippen LogP contribution in [0.2, 0.25) is 0 Å². The second-order valence-corrected chi connectivity index (χ2v) is 6.61. The molecule has 0 fully saturated rings. The van der Waals surface area contributed by atoms with Crippen LogP contribution in [0.4, 0.5) is 0 Å². The van der Waals surface area contributed by atoms with Gasteiger partial charge < -0.3 is 8.83 Å². The molecule has 0 radical (unpaired) electrons. The number of rotatable bonds is 12. The number of hydrogen-bond acceptors (Lipinski definition) is 3. The van der Waals surface area contributed by atoms with Gasteiger partial charge in [-0.1, -0.05) is 39.5 Å². The average Bonchev–Trinajstić information content (AvgIpc) is 3.34. The van der Waals surface area contributed by atoms with Crippen LogP contribution < -0.4 is 0 Å². The first-order valence-corrected chi connectivity index (χ1v) is 9.77. The van der Waals surface area contributed by atoms with Crippen molar-refractivity contribution in [3.63, 3.8) is 0 Å². The molecule has 0 aliphatic rings. The summed E-state index contributed by atoms with van der Waals surface area (Å²) in [7, 11) is 0. The van der Waals surface area contributed by atoms with E-state index in [0.717, 1.165) is 74.0 Å². The highest BCUT2D eigenvalue weighted by Crippen LogP contribution is 2.24. The molecule has 0 saturated carbocycles. The lowest BCUT2D eigenvalue weighted by Crippen LogP contribution is -1.94. The van der Waals surface area contributed by atoms with Crippen molar-refractivity contribution in [1.82, 2.24) is 0 Å². The fourth-order valence-corrected chi connectivity index (χ4v) is 2.97. The summed E-state index contributed by atoms with van der Waals surface area (Å²) in [4.78, 5) is 12.7. The number of ketones is 1. The number of carbonyl (C=O) groups is 1. The van der Waals surface area contributed by atoms with Gasteiger partial charge in [0.25, 0.3) is 0 Å². The second kappa shape index (κ2) is 11.3. The highest BCUT2D eigenvalue weighted by molar-refractivity contribution is 6.07. The van der Waals surface area contributed by atoms with E-state index in [9.17, 15) is 4.79 Å². The van der Waals surface area contributed by atoms with E-state index in [4.69, 9.17) is 8.83 Å². The van der Waals surface area contributed by atoms with E-state index in [2.05, 4.69) is 13.8 Å². The highest BCUT2D eigenvalue weighted by atomic mass is 16.3. The summed E-state index contributed by atoms with van der Waals surface area (Å²) < 4.78 is 11.0. The molecule has 0 aliphatic heterocycles. The van der Waals surface area contributed by atoms with E-state index in [0.29, 0.717) is 0 Å². The Hall–Kier alpha value is -2.29. The van der Waals surface area contributed by atoms with E-state index in [1.165, 1.54) is 0 Å². The summed E-state index contributed by atoms with van der Waals surface area (Å²) >= 11 is 0. The standard InChI is InChI=1S/C23H30O3/c1-3-5-7-11-19(22-13-9-15-25-22)17-21(24)18-20(12-8-6-4-2)23-14-10-16-26-23/h9-10,13-18H,3-8,11-12H2,1-2H3. The molecule has 0 aromatic carbocycles. The molecule has 2 aromatic heterocycles. The Morgan fingerprint density at radius 1 is 0.808 bits per heavy atom. The third kappa shape index (κ3) is 6.55. The summed E-state index contributed by atoms with van der Waals surface area (Å²) in [5, 5.41) is 0. The summed E-state index contributed by atoms with van der Waals surface area (Å²) in [6.45, 7) is 4.35. The van der Waals surface area contributed by atoms with Gasteiger partial charge in [0.1, 0.15) is 11.5 Å². The van der Waals surface area contributed by atoms with Crippen LogP contribution in [-0.4, -0.2) is 5.78 Å². The molecule has 2 heterocycles. The first kappa shape index (κ1) is 20.0. The zero-order valence-electron chi connectivity index (χ0n) is 16.0. The predicted octanol–water partition coefficient (Wildman–Crippen LogP) is 7.07. The van der Waals surface area contributed by atoms with E-state index < -0.39 is 0 Å². The monoisotopic (exact) mass is 354 g/mol. The number of carbonyl (C=O) groups excluding carboxylic acids is 1. The first-order chi connectivity index (χ1) is 12.7. The molecular weight excluding hydrogens is 324 g/mol. The molecule has 140 valence electrons. The number of unbranched alkanes of at least 4 members (excludes halogenated alkanes) is 4. The molecule has 3 nitrogen and oxygen atoms in total. The van der Waals surface area contributed by atoms with Crippen molar-refractivity contribution in [2.45, 2.75) is 65.2 Å².